The molecule has 1 rings (SSSR count). The highest BCUT2D eigenvalue weighted by molar-refractivity contribution is 7.90. The Bertz CT molecular complexity index is 498. The van der Waals surface area contributed by atoms with Crippen molar-refractivity contribution in [3.63, 3.8) is 0 Å². The maximum atomic E-state index is 11.5. The standard InChI is InChI=1S/C8H11N3O4S/c1-11(2)16(14,15)10-7-5-9-4-3-6(7)8(12)13/h3-5,10H,1-2H3,(H,12,13). The van der Waals surface area contributed by atoms with Crippen molar-refractivity contribution in [3.8, 4) is 0 Å². The van der Waals surface area contributed by atoms with Crippen LogP contribution in [-0.4, -0.2) is 42.9 Å². The number of anilines is 1. The third-order valence-electron chi connectivity index (χ3n) is 1.77. The molecule has 0 radical (unpaired) electrons. The van der Waals surface area contributed by atoms with E-state index in [4.69, 9.17) is 5.11 Å². The van der Waals surface area contributed by atoms with E-state index < -0.39 is 16.2 Å². The maximum absolute atomic E-state index is 11.5. The first-order valence-corrected chi connectivity index (χ1v) is 5.66. The SMILES string of the molecule is CN(C)S(=O)(=O)Nc1cnccc1C(=O)O. The number of aromatic nitrogens is 1. The van der Waals surface area contributed by atoms with Gasteiger partial charge >= 0.3 is 16.2 Å². The van der Waals surface area contributed by atoms with Gasteiger partial charge in [-0.25, -0.2) is 4.79 Å². The molecule has 1 heterocycles. The molecule has 0 bridgehead atoms. The Balaban J connectivity index is 3.12. The largest absolute Gasteiger partial charge is 0.478 e. The van der Waals surface area contributed by atoms with Crippen LogP contribution in [0, 0.1) is 0 Å². The minimum absolute atomic E-state index is 0.0660. The topological polar surface area (TPSA) is 99.6 Å². The first-order chi connectivity index (χ1) is 7.34. The predicted molar refractivity (Wildman–Crippen MR) is 57.4 cm³/mol. The van der Waals surface area contributed by atoms with E-state index in [9.17, 15) is 13.2 Å². The van der Waals surface area contributed by atoms with Crippen LogP contribution in [0.1, 0.15) is 10.4 Å². The van der Waals surface area contributed by atoms with Crippen LogP contribution in [0.4, 0.5) is 5.69 Å². The molecule has 7 nitrogen and oxygen atoms in total. The molecule has 8 heteroatoms. The van der Waals surface area contributed by atoms with Gasteiger partial charge in [0.15, 0.2) is 0 Å². The fraction of sp³-hybridized carbons (Fsp3) is 0.250. The molecule has 1 aromatic rings. The minimum Gasteiger partial charge on any atom is -0.478 e. The number of carboxylic acids is 1. The molecule has 16 heavy (non-hydrogen) atoms. The molecule has 1 aromatic heterocycles. The fourth-order valence-electron chi connectivity index (χ4n) is 0.893. The van der Waals surface area contributed by atoms with E-state index in [1.54, 1.807) is 0 Å². The van der Waals surface area contributed by atoms with Gasteiger partial charge in [-0.05, 0) is 6.07 Å². The van der Waals surface area contributed by atoms with Crippen molar-refractivity contribution in [1.82, 2.24) is 9.29 Å². The Kier molecular flexibility index (Phi) is 3.45. The van der Waals surface area contributed by atoms with Crippen molar-refractivity contribution in [2.75, 3.05) is 18.8 Å². The third kappa shape index (κ3) is 2.67. The summed E-state index contributed by atoms with van der Waals surface area (Å²) in [6.07, 6.45) is 2.42. The van der Waals surface area contributed by atoms with E-state index >= 15 is 0 Å². The van der Waals surface area contributed by atoms with Gasteiger partial charge in [-0.2, -0.15) is 12.7 Å². The summed E-state index contributed by atoms with van der Waals surface area (Å²) in [6, 6.07) is 1.22. The van der Waals surface area contributed by atoms with E-state index in [1.165, 1.54) is 26.4 Å². The molecule has 0 aromatic carbocycles. The number of carbonyl (C=O) groups is 1. The number of hydrogen-bond donors (Lipinski definition) is 2. The molecule has 0 amide bonds. The van der Waals surface area contributed by atoms with Gasteiger partial charge in [0.05, 0.1) is 17.4 Å². The first kappa shape index (κ1) is 12.4. The quantitative estimate of drug-likeness (QED) is 0.777. The van der Waals surface area contributed by atoms with Gasteiger partial charge < -0.3 is 5.11 Å². The van der Waals surface area contributed by atoms with Crippen molar-refractivity contribution < 1.29 is 18.3 Å². The molecule has 0 fully saturated rings. The van der Waals surface area contributed by atoms with Gasteiger partial charge in [0, 0.05) is 20.3 Å². The predicted octanol–water partition coefficient (Wildman–Crippen LogP) is -0.00190. The van der Waals surface area contributed by atoms with Crippen LogP contribution in [0.2, 0.25) is 0 Å². The zero-order valence-corrected chi connectivity index (χ0v) is 9.52. The molecular weight excluding hydrogens is 234 g/mol. The normalized spacial score (nSPS) is 11.4. The highest BCUT2D eigenvalue weighted by Gasteiger charge is 2.17. The van der Waals surface area contributed by atoms with Crippen LogP contribution < -0.4 is 4.72 Å². The number of nitrogens with one attached hydrogen (secondary N) is 1. The Morgan fingerprint density at radius 1 is 1.50 bits per heavy atom. The summed E-state index contributed by atoms with van der Waals surface area (Å²) in [5.74, 6) is -1.22. The number of carboxylic acid groups (broad SMARTS) is 1. The van der Waals surface area contributed by atoms with Crippen LogP contribution in [0.3, 0.4) is 0 Å². The number of aromatic carboxylic acids is 1. The fourth-order valence-corrected chi connectivity index (χ4v) is 1.52. The second kappa shape index (κ2) is 4.45. The molecule has 0 unspecified atom stereocenters. The van der Waals surface area contributed by atoms with Crippen LogP contribution >= 0.6 is 0 Å². The summed E-state index contributed by atoms with van der Waals surface area (Å²) in [5.41, 5.74) is -0.218. The lowest BCUT2D eigenvalue weighted by Gasteiger charge is -2.14. The Labute approximate surface area is 92.9 Å². The lowest BCUT2D eigenvalue weighted by Crippen LogP contribution is -2.29. The van der Waals surface area contributed by atoms with E-state index in [1.807, 2.05) is 0 Å². The van der Waals surface area contributed by atoms with Crippen molar-refractivity contribution in [1.29, 1.82) is 0 Å². The molecule has 0 aliphatic carbocycles. The molecule has 88 valence electrons. The molecule has 0 aliphatic rings. The van der Waals surface area contributed by atoms with E-state index in [-0.39, 0.29) is 11.3 Å². The molecule has 2 N–H and O–H groups in total. The molecule has 0 spiro atoms. The summed E-state index contributed by atoms with van der Waals surface area (Å²) in [4.78, 5) is 14.5. The van der Waals surface area contributed by atoms with Crippen LogP contribution in [-0.2, 0) is 10.2 Å². The van der Waals surface area contributed by atoms with Gasteiger partial charge in [0.2, 0.25) is 0 Å². The third-order valence-corrected chi connectivity index (χ3v) is 3.21. The summed E-state index contributed by atoms with van der Waals surface area (Å²) in [7, 11) is -1.06. The molecule has 0 atom stereocenters. The Morgan fingerprint density at radius 2 is 2.12 bits per heavy atom. The van der Waals surface area contributed by atoms with Crippen molar-refractivity contribution in [2.45, 2.75) is 0 Å². The maximum Gasteiger partial charge on any atom is 0.337 e. The van der Waals surface area contributed by atoms with Crippen LogP contribution in [0.25, 0.3) is 0 Å². The first-order valence-electron chi connectivity index (χ1n) is 4.22. The number of pyridine rings is 1. The highest BCUT2D eigenvalue weighted by Crippen LogP contribution is 2.15. The van der Waals surface area contributed by atoms with Crippen molar-refractivity contribution >= 4 is 21.9 Å². The second-order valence-electron chi connectivity index (χ2n) is 3.12. The van der Waals surface area contributed by atoms with Crippen molar-refractivity contribution in [2.24, 2.45) is 0 Å². The number of nitrogens with zero attached hydrogens (tertiary/aromatic N) is 2. The zero-order chi connectivity index (χ0) is 12.3. The van der Waals surface area contributed by atoms with Gasteiger partial charge in [0.25, 0.3) is 0 Å². The molecule has 0 saturated heterocycles. The summed E-state index contributed by atoms with van der Waals surface area (Å²) in [5, 5.41) is 8.82. The average Bonchev–Trinajstić information content (AvgIpc) is 2.17. The minimum atomic E-state index is -3.73. The number of rotatable bonds is 4. The van der Waals surface area contributed by atoms with Crippen LogP contribution in [0.15, 0.2) is 18.5 Å². The molecular formula is C8H11N3O4S. The smallest absolute Gasteiger partial charge is 0.337 e. The second-order valence-corrected chi connectivity index (χ2v) is 5.00. The van der Waals surface area contributed by atoms with E-state index in [2.05, 4.69) is 9.71 Å². The van der Waals surface area contributed by atoms with Gasteiger partial charge in [-0.15, -0.1) is 0 Å². The van der Waals surface area contributed by atoms with E-state index in [0.29, 0.717) is 0 Å². The molecule has 0 aliphatic heterocycles. The highest BCUT2D eigenvalue weighted by atomic mass is 32.2. The van der Waals surface area contributed by atoms with Gasteiger partial charge in [-0.3, -0.25) is 9.71 Å². The lowest BCUT2D eigenvalue weighted by atomic mass is 10.2. The summed E-state index contributed by atoms with van der Waals surface area (Å²) in [6.45, 7) is 0. The van der Waals surface area contributed by atoms with Gasteiger partial charge in [0.1, 0.15) is 0 Å². The summed E-state index contributed by atoms with van der Waals surface area (Å²) < 4.78 is 26.0. The zero-order valence-electron chi connectivity index (χ0n) is 8.71. The average molecular weight is 245 g/mol. The lowest BCUT2D eigenvalue weighted by molar-refractivity contribution is 0.0698. The van der Waals surface area contributed by atoms with Crippen LogP contribution in [0.5, 0.6) is 0 Å². The molecule has 0 saturated carbocycles. The Morgan fingerprint density at radius 3 is 2.62 bits per heavy atom. The number of hydrogen-bond acceptors (Lipinski definition) is 4. The van der Waals surface area contributed by atoms with Crippen molar-refractivity contribution in [3.05, 3.63) is 24.0 Å². The monoisotopic (exact) mass is 245 g/mol. The van der Waals surface area contributed by atoms with E-state index in [0.717, 1.165) is 10.5 Å². The van der Waals surface area contributed by atoms with Gasteiger partial charge in [-0.1, -0.05) is 0 Å². The summed E-state index contributed by atoms with van der Waals surface area (Å²) >= 11 is 0. The Hall–Kier alpha value is -1.67.